The highest BCUT2D eigenvalue weighted by Crippen LogP contribution is 2.31. The van der Waals surface area contributed by atoms with Crippen LogP contribution < -0.4 is 0 Å². The second-order valence-corrected chi connectivity index (χ2v) is 6.96. The van der Waals surface area contributed by atoms with Crippen molar-refractivity contribution in [1.29, 1.82) is 0 Å². The molecule has 0 heterocycles. The van der Waals surface area contributed by atoms with E-state index in [1.807, 2.05) is 0 Å². The summed E-state index contributed by atoms with van der Waals surface area (Å²) < 4.78 is 1.21. The SMILES string of the molecule is CCCC[SH](CCCC)C(=S)N(C)C. The second kappa shape index (κ2) is 8.54. The van der Waals surface area contributed by atoms with Crippen molar-refractivity contribution in [2.24, 2.45) is 0 Å². The van der Waals surface area contributed by atoms with Gasteiger partial charge < -0.3 is 4.90 Å². The molecule has 0 N–H and O–H groups in total. The molecule has 0 aliphatic heterocycles. The van der Waals surface area contributed by atoms with E-state index >= 15 is 0 Å². The Morgan fingerprint density at radius 1 is 1.07 bits per heavy atom. The fourth-order valence-corrected chi connectivity index (χ4v) is 4.40. The van der Waals surface area contributed by atoms with Crippen molar-refractivity contribution in [1.82, 2.24) is 4.90 Å². The van der Waals surface area contributed by atoms with Gasteiger partial charge in [-0.2, -0.15) is 0 Å². The highest BCUT2D eigenvalue weighted by Gasteiger charge is 2.10. The summed E-state index contributed by atoms with van der Waals surface area (Å²) in [6.45, 7) is 4.51. The van der Waals surface area contributed by atoms with Gasteiger partial charge in [0.2, 0.25) is 0 Å². The fourth-order valence-electron chi connectivity index (χ4n) is 1.28. The number of nitrogens with zero attached hydrogens (tertiary/aromatic N) is 1. The first-order valence-corrected chi connectivity index (χ1v) is 7.71. The van der Waals surface area contributed by atoms with Crippen LogP contribution in [0.5, 0.6) is 0 Å². The van der Waals surface area contributed by atoms with Crippen LogP contribution in [0.1, 0.15) is 39.5 Å². The maximum atomic E-state index is 5.48. The molecule has 0 saturated heterocycles. The van der Waals surface area contributed by atoms with Crippen LogP contribution in [0.15, 0.2) is 0 Å². The van der Waals surface area contributed by atoms with Gasteiger partial charge in [0.05, 0.1) is 0 Å². The van der Waals surface area contributed by atoms with Crippen molar-refractivity contribution < 1.29 is 0 Å². The van der Waals surface area contributed by atoms with E-state index in [1.54, 1.807) is 0 Å². The van der Waals surface area contributed by atoms with Crippen LogP contribution in [0.25, 0.3) is 0 Å². The van der Waals surface area contributed by atoms with E-state index in [0.29, 0.717) is 0 Å². The van der Waals surface area contributed by atoms with Gasteiger partial charge >= 0.3 is 0 Å². The second-order valence-electron chi connectivity index (χ2n) is 3.87. The lowest BCUT2D eigenvalue weighted by molar-refractivity contribution is 0.647. The minimum atomic E-state index is -0.0157. The standard InChI is InChI=1S/C11H25NS2/c1-5-7-9-14(10-8-6-2)11(13)12(3)4/h14H,5-10H2,1-4H3. The first-order valence-electron chi connectivity index (χ1n) is 5.59. The van der Waals surface area contributed by atoms with E-state index in [0.717, 1.165) is 0 Å². The predicted octanol–water partition coefficient (Wildman–Crippen LogP) is 3.43. The zero-order valence-electron chi connectivity index (χ0n) is 10.0. The molecular weight excluding hydrogens is 210 g/mol. The van der Waals surface area contributed by atoms with Gasteiger partial charge in [-0.3, -0.25) is 0 Å². The van der Waals surface area contributed by atoms with E-state index in [2.05, 4.69) is 32.8 Å². The molecular formula is C11H25NS2. The molecule has 0 aliphatic carbocycles. The molecule has 86 valence electrons. The van der Waals surface area contributed by atoms with Gasteiger partial charge in [-0.15, -0.1) is 0 Å². The lowest BCUT2D eigenvalue weighted by Gasteiger charge is -2.27. The number of hydrogen-bond donors (Lipinski definition) is 1. The Morgan fingerprint density at radius 3 is 1.79 bits per heavy atom. The van der Waals surface area contributed by atoms with E-state index in [1.165, 1.54) is 41.5 Å². The monoisotopic (exact) mass is 235 g/mol. The average molecular weight is 235 g/mol. The zero-order chi connectivity index (χ0) is 11.0. The van der Waals surface area contributed by atoms with Gasteiger partial charge in [0, 0.05) is 14.1 Å². The summed E-state index contributed by atoms with van der Waals surface area (Å²) in [5.74, 6) is 2.67. The lowest BCUT2D eigenvalue weighted by atomic mass is 10.4. The molecule has 0 aromatic heterocycles. The van der Waals surface area contributed by atoms with Gasteiger partial charge in [0.25, 0.3) is 0 Å². The molecule has 0 bridgehead atoms. The van der Waals surface area contributed by atoms with Crippen molar-refractivity contribution in [3.05, 3.63) is 0 Å². The number of rotatable bonds is 6. The molecule has 0 rings (SSSR count). The Morgan fingerprint density at radius 2 is 1.50 bits per heavy atom. The molecule has 0 aliphatic rings. The van der Waals surface area contributed by atoms with Gasteiger partial charge in [0.1, 0.15) is 4.32 Å². The summed E-state index contributed by atoms with van der Waals surface area (Å²) >= 11 is 5.48. The third kappa shape index (κ3) is 5.86. The van der Waals surface area contributed by atoms with Gasteiger partial charge in [-0.25, -0.2) is 10.9 Å². The minimum absolute atomic E-state index is 0.0157. The van der Waals surface area contributed by atoms with Crippen LogP contribution in [-0.4, -0.2) is 34.8 Å². The third-order valence-corrected chi connectivity index (χ3v) is 6.01. The Hall–Kier alpha value is 0.240. The first-order chi connectivity index (χ1) is 6.63. The average Bonchev–Trinajstić information content (AvgIpc) is 2.17. The summed E-state index contributed by atoms with van der Waals surface area (Å²) in [6.07, 6.45) is 5.26. The highest BCUT2D eigenvalue weighted by molar-refractivity contribution is 8.36. The minimum Gasteiger partial charge on any atom is -0.365 e. The molecule has 0 fully saturated rings. The highest BCUT2D eigenvalue weighted by atomic mass is 32.2. The fraction of sp³-hybridized carbons (Fsp3) is 0.909. The van der Waals surface area contributed by atoms with Crippen LogP contribution >= 0.6 is 23.1 Å². The van der Waals surface area contributed by atoms with Crippen molar-refractivity contribution >= 4 is 27.4 Å². The van der Waals surface area contributed by atoms with E-state index in [-0.39, 0.29) is 10.9 Å². The number of thiocarbonyl (C=S) groups is 1. The van der Waals surface area contributed by atoms with Gasteiger partial charge in [0.15, 0.2) is 0 Å². The smallest absolute Gasteiger partial charge is 0.115 e. The lowest BCUT2D eigenvalue weighted by Crippen LogP contribution is -2.22. The van der Waals surface area contributed by atoms with Crippen LogP contribution in [0.2, 0.25) is 0 Å². The molecule has 0 atom stereocenters. The predicted molar refractivity (Wildman–Crippen MR) is 74.8 cm³/mol. The van der Waals surface area contributed by atoms with Crippen molar-refractivity contribution in [2.75, 3.05) is 25.6 Å². The van der Waals surface area contributed by atoms with Crippen molar-refractivity contribution in [3.8, 4) is 0 Å². The first kappa shape index (κ1) is 14.2. The molecule has 14 heavy (non-hydrogen) atoms. The molecule has 0 saturated carbocycles. The Kier molecular flexibility index (Phi) is 8.69. The summed E-state index contributed by atoms with van der Waals surface area (Å²) in [7, 11) is 4.14. The van der Waals surface area contributed by atoms with Crippen molar-refractivity contribution in [2.45, 2.75) is 39.5 Å². The van der Waals surface area contributed by atoms with E-state index in [4.69, 9.17) is 12.2 Å². The van der Waals surface area contributed by atoms with Crippen molar-refractivity contribution in [3.63, 3.8) is 0 Å². The molecule has 0 radical (unpaired) electrons. The summed E-state index contributed by atoms with van der Waals surface area (Å²) in [5.41, 5.74) is 0. The van der Waals surface area contributed by atoms with Gasteiger partial charge in [-0.05, 0) is 24.3 Å². The Balaban J connectivity index is 4.01. The summed E-state index contributed by atoms with van der Waals surface area (Å²) in [4.78, 5) is 2.13. The van der Waals surface area contributed by atoms with E-state index in [9.17, 15) is 0 Å². The number of thiol groups is 1. The van der Waals surface area contributed by atoms with Crippen LogP contribution in [0, 0.1) is 0 Å². The maximum Gasteiger partial charge on any atom is 0.115 e. The quantitative estimate of drug-likeness (QED) is 0.555. The molecule has 0 spiro atoms. The molecule has 3 heteroatoms. The molecule has 0 aromatic rings. The molecule has 0 aromatic carbocycles. The molecule has 0 unspecified atom stereocenters. The number of unbranched alkanes of at least 4 members (excludes halogenated alkanes) is 2. The molecule has 0 amide bonds. The van der Waals surface area contributed by atoms with Crippen LogP contribution in [0.4, 0.5) is 0 Å². The zero-order valence-corrected chi connectivity index (χ0v) is 11.8. The number of hydrogen-bond acceptors (Lipinski definition) is 1. The topological polar surface area (TPSA) is 3.24 Å². The Bertz CT molecular complexity index is 149. The third-order valence-electron chi connectivity index (χ3n) is 2.22. The largest absolute Gasteiger partial charge is 0.365 e. The van der Waals surface area contributed by atoms with Crippen LogP contribution in [-0.2, 0) is 0 Å². The van der Waals surface area contributed by atoms with Gasteiger partial charge in [-0.1, -0.05) is 38.9 Å². The summed E-state index contributed by atoms with van der Waals surface area (Å²) in [6, 6.07) is 0. The van der Waals surface area contributed by atoms with Crippen LogP contribution in [0.3, 0.4) is 0 Å². The van der Waals surface area contributed by atoms with E-state index < -0.39 is 0 Å². The molecule has 1 nitrogen and oxygen atoms in total. The maximum absolute atomic E-state index is 5.48. The normalized spacial score (nSPS) is 11.3. The summed E-state index contributed by atoms with van der Waals surface area (Å²) in [5, 5.41) is 0. The Labute approximate surface area is 97.6 Å².